The minimum absolute atomic E-state index is 0.0891. The molecule has 20 heavy (non-hydrogen) atoms. The average molecular weight is 280 g/mol. The summed E-state index contributed by atoms with van der Waals surface area (Å²) in [6.45, 7) is 2.13. The van der Waals surface area contributed by atoms with Crippen LogP contribution in [0.5, 0.6) is 5.75 Å². The second-order valence-corrected chi connectivity index (χ2v) is 5.00. The SMILES string of the molecule is O=C(CC1CCCN1)NCCCOc1ccc(F)cc1. The number of carbonyl (C=O) groups is 1. The molecule has 4 nitrogen and oxygen atoms in total. The molecule has 1 aromatic rings. The molecule has 1 aromatic carbocycles. The van der Waals surface area contributed by atoms with Crippen LogP contribution in [-0.4, -0.2) is 31.6 Å². The largest absolute Gasteiger partial charge is 0.494 e. The molecule has 0 aliphatic carbocycles. The average Bonchev–Trinajstić information content (AvgIpc) is 2.93. The van der Waals surface area contributed by atoms with Gasteiger partial charge in [-0.25, -0.2) is 4.39 Å². The van der Waals surface area contributed by atoms with Crippen LogP contribution in [-0.2, 0) is 4.79 Å². The Kier molecular flexibility index (Phi) is 5.80. The van der Waals surface area contributed by atoms with Gasteiger partial charge < -0.3 is 15.4 Å². The van der Waals surface area contributed by atoms with Crippen molar-refractivity contribution in [3.8, 4) is 5.75 Å². The molecule has 2 N–H and O–H groups in total. The lowest BCUT2D eigenvalue weighted by atomic mass is 10.1. The number of benzene rings is 1. The molecule has 1 fully saturated rings. The van der Waals surface area contributed by atoms with Gasteiger partial charge in [0.25, 0.3) is 0 Å². The summed E-state index contributed by atoms with van der Waals surface area (Å²) in [6, 6.07) is 6.27. The van der Waals surface area contributed by atoms with Crippen LogP contribution in [0.1, 0.15) is 25.7 Å². The van der Waals surface area contributed by atoms with Gasteiger partial charge in [-0.1, -0.05) is 0 Å². The van der Waals surface area contributed by atoms with Gasteiger partial charge in [0.2, 0.25) is 5.91 Å². The number of ether oxygens (including phenoxy) is 1. The summed E-state index contributed by atoms with van der Waals surface area (Å²) in [5, 5.41) is 6.18. The van der Waals surface area contributed by atoms with E-state index in [-0.39, 0.29) is 11.7 Å². The molecular weight excluding hydrogens is 259 g/mol. The first-order valence-corrected chi connectivity index (χ1v) is 7.12. The maximum atomic E-state index is 12.7. The van der Waals surface area contributed by atoms with E-state index in [0.29, 0.717) is 31.4 Å². The number of rotatable bonds is 7. The summed E-state index contributed by atoms with van der Waals surface area (Å²) in [4.78, 5) is 11.6. The smallest absolute Gasteiger partial charge is 0.221 e. The zero-order chi connectivity index (χ0) is 14.2. The standard InChI is InChI=1S/C15H21FN2O2/c16-12-4-6-14(7-5-12)20-10-2-9-18-15(19)11-13-3-1-8-17-13/h4-7,13,17H,1-3,8-11H2,(H,18,19). The van der Waals surface area contributed by atoms with Crippen molar-refractivity contribution in [2.45, 2.75) is 31.7 Å². The van der Waals surface area contributed by atoms with E-state index in [1.807, 2.05) is 0 Å². The Labute approximate surface area is 118 Å². The van der Waals surface area contributed by atoms with Crippen molar-refractivity contribution in [1.82, 2.24) is 10.6 Å². The zero-order valence-electron chi connectivity index (χ0n) is 11.5. The van der Waals surface area contributed by atoms with E-state index in [0.717, 1.165) is 25.8 Å². The van der Waals surface area contributed by atoms with E-state index in [9.17, 15) is 9.18 Å². The minimum Gasteiger partial charge on any atom is -0.494 e. The Morgan fingerprint density at radius 2 is 2.20 bits per heavy atom. The van der Waals surface area contributed by atoms with Gasteiger partial charge in [0.05, 0.1) is 6.61 Å². The Hall–Kier alpha value is -1.62. The van der Waals surface area contributed by atoms with Gasteiger partial charge in [0.1, 0.15) is 11.6 Å². The predicted molar refractivity (Wildman–Crippen MR) is 75.2 cm³/mol. The molecule has 0 radical (unpaired) electrons. The van der Waals surface area contributed by atoms with Gasteiger partial charge in [-0.05, 0) is 50.1 Å². The van der Waals surface area contributed by atoms with Gasteiger partial charge in [-0.3, -0.25) is 4.79 Å². The second kappa shape index (κ2) is 7.85. The first kappa shape index (κ1) is 14.8. The third-order valence-electron chi connectivity index (χ3n) is 3.32. The van der Waals surface area contributed by atoms with Gasteiger partial charge in [0, 0.05) is 19.0 Å². The molecule has 0 bridgehead atoms. The van der Waals surface area contributed by atoms with Crippen molar-refractivity contribution in [2.75, 3.05) is 19.7 Å². The summed E-state index contributed by atoms with van der Waals surface area (Å²) in [5.41, 5.74) is 0. The fourth-order valence-electron chi connectivity index (χ4n) is 2.25. The normalized spacial score (nSPS) is 17.9. The third kappa shape index (κ3) is 5.17. The van der Waals surface area contributed by atoms with Crippen LogP contribution in [0.3, 0.4) is 0 Å². The fourth-order valence-corrected chi connectivity index (χ4v) is 2.25. The Morgan fingerprint density at radius 3 is 2.90 bits per heavy atom. The molecule has 2 rings (SSSR count). The summed E-state index contributed by atoms with van der Waals surface area (Å²) < 4.78 is 18.1. The van der Waals surface area contributed by atoms with E-state index in [4.69, 9.17) is 4.74 Å². The number of hydrogen-bond donors (Lipinski definition) is 2. The first-order chi connectivity index (χ1) is 9.74. The monoisotopic (exact) mass is 280 g/mol. The maximum absolute atomic E-state index is 12.7. The highest BCUT2D eigenvalue weighted by Gasteiger charge is 2.16. The summed E-state index contributed by atoms with van der Waals surface area (Å²) >= 11 is 0. The molecule has 110 valence electrons. The minimum atomic E-state index is -0.273. The van der Waals surface area contributed by atoms with E-state index < -0.39 is 0 Å². The van der Waals surface area contributed by atoms with E-state index in [2.05, 4.69) is 10.6 Å². The third-order valence-corrected chi connectivity index (χ3v) is 3.32. The van der Waals surface area contributed by atoms with Crippen molar-refractivity contribution < 1.29 is 13.9 Å². The summed E-state index contributed by atoms with van der Waals surface area (Å²) in [5.74, 6) is 0.462. The van der Waals surface area contributed by atoms with Gasteiger partial charge in [-0.15, -0.1) is 0 Å². The van der Waals surface area contributed by atoms with Crippen LogP contribution < -0.4 is 15.4 Å². The van der Waals surface area contributed by atoms with Crippen molar-refractivity contribution in [1.29, 1.82) is 0 Å². The molecule has 1 aliphatic rings. The van der Waals surface area contributed by atoms with Crippen LogP contribution in [0.2, 0.25) is 0 Å². The highest BCUT2D eigenvalue weighted by molar-refractivity contribution is 5.76. The van der Waals surface area contributed by atoms with Gasteiger partial charge in [0.15, 0.2) is 0 Å². The highest BCUT2D eigenvalue weighted by atomic mass is 19.1. The number of nitrogens with one attached hydrogen (secondary N) is 2. The first-order valence-electron chi connectivity index (χ1n) is 7.12. The maximum Gasteiger partial charge on any atom is 0.221 e. The Bertz CT molecular complexity index is 416. The van der Waals surface area contributed by atoms with Crippen LogP contribution in [0.25, 0.3) is 0 Å². The molecule has 0 spiro atoms. The number of hydrogen-bond acceptors (Lipinski definition) is 3. The Balaban J connectivity index is 1.52. The van der Waals surface area contributed by atoms with Crippen molar-refractivity contribution in [3.05, 3.63) is 30.1 Å². The topological polar surface area (TPSA) is 50.4 Å². The van der Waals surface area contributed by atoms with Crippen molar-refractivity contribution >= 4 is 5.91 Å². The van der Waals surface area contributed by atoms with Gasteiger partial charge >= 0.3 is 0 Å². The Morgan fingerprint density at radius 1 is 1.40 bits per heavy atom. The lowest BCUT2D eigenvalue weighted by molar-refractivity contribution is -0.121. The molecular formula is C15H21FN2O2. The quantitative estimate of drug-likeness (QED) is 0.750. The molecule has 1 aliphatic heterocycles. The zero-order valence-corrected chi connectivity index (χ0v) is 11.5. The van der Waals surface area contributed by atoms with E-state index in [1.165, 1.54) is 12.1 Å². The predicted octanol–water partition coefficient (Wildman–Crippen LogP) is 1.85. The van der Waals surface area contributed by atoms with Crippen molar-refractivity contribution in [2.24, 2.45) is 0 Å². The molecule has 1 atom stereocenters. The summed E-state index contributed by atoms with van der Waals surface area (Å²) in [7, 11) is 0. The molecule has 1 unspecified atom stereocenters. The lowest BCUT2D eigenvalue weighted by Crippen LogP contribution is -2.32. The van der Waals surface area contributed by atoms with Crippen LogP contribution >= 0.6 is 0 Å². The van der Waals surface area contributed by atoms with Crippen LogP contribution in [0.15, 0.2) is 24.3 Å². The number of carbonyl (C=O) groups excluding carboxylic acids is 1. The molecule has 1 heterocycles. The highest BCUT2D eigenvalue weighted by Crippen LogP contribution is 2.11. The van der Waals surface area contributed by atoms with Gasteiger partial charge in [-0.2, -0.15) is 0 Å². The van der Waals surface area contributed by atoms with E-state index in [1.54, 1.807) is 12.1 Å². The fraction of sp³-hybridized carbons (Fsp3) is 0.533. The van der Waals surface area contributed by atoms with Crippen molar-refractivity contribution in [3.63, 3.8) is 0 Å². The van der Waals surface area contributed by atoms with E-state index >= 15 is 0 Å². The van der Waals surface area contributed by atoms with Crippen LogP contribution in [0, 0.1) is 5.82 Å². The number of halogens is 1. The molecule has 1 saturated heterocycles. The molecule has 0 aromatic heterocycles. The molecule has 1 amide bonds. The molecule has 5 heteroatoms. The lowest BCUT2D eigenvalue weighted by Gasteiger charge is -2.10. The molecule has 0 saturated carbocycles. The van der Waals surface area contributed by atoms with Crippen LogP contribution in [0.4, 0.5) is 4.39 Å². The number of amides is 1. The second-order valence-electron chi connectivity index (χ2n) is 5.00. The summed E-state index contributed by atoms with van der Waals surface area (Å²) in [6.07, 6.45) is 3.53.